The van der Waals surface area contributed by atoms with E-state index in [2.05, 4.69) is 5.16 Å². The second kappa shape index (κ2) is 3.25. The third-order valence-corrected chi connectivity index (χ3v) is 2.63. The van der Waals surface area contributed by atoms with Gasteiger partial charge in [-0.15, -0.1) is 0 Å². The zero-order chi connectivity index (χ0) is 10.1. The van der Waals surface area contributed by atoms with Gasteiger partial charge in [-0.3, -0.25) is 4.79 Å². The van der Waals surface area contributed by atoms with Crippen LogP contribution in [0.4, 0.5) is 0 Å². The number of ketones is 1. The normalized spacial score (nSPS) is 17.5. The lowest BCUT2D eigenvalue weighted by atomic mass is 10.0. The molecular weight excluding hydrogens is 178 g/mol. The van der Waals surface area contributed by atoms with Crippen molar-refractivity contribution in [3.63, 3.8) is 0 Å². The third kappa shape index (κ3) is 1.13. The zero-order valence-corrected chi connectivity index (χ0v) is 7.95. The highest BCUT2D eigenvalue weighted by molar-refractivity contribution is 6.49. The molecule has 0 bridgehead atoms. The van der Waals surface area contributed by atoms with E-state index in [4.69, 9.17) is 5.21 Å². The lowest BCUT2D eigenvalue weighted by molar-refractivity contribution is 0.106. The molecule has 0 amide bonds. The molecule has 72 valence electrons. The fourth-order valence-corrected chi connectivity index (χ4v) is 1.87. The summed E-state index contributed by atoms with van der Waals surface area (Å²) >= 11 is 0. The molecule has 0 radical (unpaired) electrons. The molecule has 1 aromatic carbocycles. The number of nitrogens with zero attached hydrogens (tertiary/aromatic N) is 1. The average molecular weight is 189 g/mol. The third-order valence-electron chi connectivity index (χ3n) is 2.63. The summed E-state index contributed by atoms with van der Waals surface area (Å²) in [5.41, 5.74) is 3.13. The van der Waals surface area contributed by atoms with Gasteiger partial charge in [0.1, 0.15) is 5.71 Å². The molecule has 1 N–H and O–H groups in total. The van der Waals surface area contributed by atoms with Gasteiger partial charge in [0.05, 0.1) is 0 Å². The van der Waals surface area contributed by atoms with Crippen molar-refractivity contribution in [2.75, 3.05) is 0 Å². The topological polar surface area (TPSA) is 49.7 Å². The maximum absolute atomic E-state index is 11.6. The number of carbonyl (C=O) groups excluding carboxylic acids is 1. The monoisotopic (exact) mass is 189 g/mol. The minimum atomic E-state index is -0.141. The van der Waals surface area contributed by atoms with E-state index in [-0.39, 0.29) is 11.5 Å². The Bertz CT molecular complexity index is 421. The summed E-state index contributed by atoms with van der Waals surface area (Å²) in [6.07, 6.45) is 1.36. The van der Waals surface area contributed by atoms with Crippen LogP contribution < -0.4 is 0 Å². The molecule has 1 aliphatic rings. The van der Waals surface area contributed by atoms with E-state index in [1.54, 1.807) is 6.07 Å². The van der Waals surface area contributed by atoms with Gasteiger partial charge in [-0.05, 0) is 17.5 Å². The van der Waals surface area contributed by atoms with Gasteiger partial charge in [0.2, 0.25) is 5.78 Å². The van der Waals surface area contributed by atoms with Crippen molar-refractivity contribution >= 4 is 11.5 Å². The van der Waals surface area contributed by atoms with E-state index < -0.39 is 0 Å². The minimum absolute atomic E-state index is 0.141. The maximum atomic E-state index is 11.6. The van der Waals surface area contributed by atoms with E-state index in [1.807, 2.05) is 19.1 Å². The highest BCUT2D eigenvalue weighted by Crippen LogP contribution is 2.24. The molecular formula is C11H11NO2. The van der Waals surface area contributed by atoms with Gasteiger partial charge in [0, 0.05) is 12.0 Å². The summed E-state index contributed by atoms with van der Waals surface area (Å²) in [6, 6.07) is 5.66. The van der Waals surface area contributed by atoms with E-state index in [9.17, 15) is 4.79 Å². The average Bonchev–Trinajstić information content (AvgIpc) is 2.55. The van der Waals surface area contributed by atoms with E-state index in [0.717, 1.165) is 17.5 Å². The van der Waals surface area contributed by atoms with Gasteiger partial charge in [0.15, 0.2) is 0 Å². The highest BCUT2D eigenvalue weighted by Gasteiger charge is 2.28. The summed E-state index contributed by atoms with van der Waals surface area (Å²) in [4.78, 5) is 11.6. The summed E-state index contributed by atoms with van der Waals surface area (Å²) < 4.78 is 0. The quantitative estimate of drug-likeness (QED) is 0.541. The Balaban J connectivity index is 2.58. The first-order valence-corrected chi connectivity index (χ1v) is 4.64. The van der Waals surface area contributed by atoms with Gasteiger partial charge in [0.25, 0.3) is 0 Å². The first kappa shape index (κ1) is 8.94. The van der Waals surface area contributed by atoms with Crippen molar-refractivity contribution < 1.29 is 10.0 Å². The van der Waals surface area contributed by atoms with E-state index in [0.29, 0.717) is 12.0 Å². The molecule has 0 unspecified atom stereocenters. The van der Waals surface area contributed by atoms with Crippen molar-refractivity contribution in [2.24, 2.45) is 5.16 Å². The van der Waals surface area contributed by atoms with Crippen molar-refractivity contribution in [1.29, 1.82) is 0 Å². The van der Waals surface area contributed by atoms with Crippen molar-refractivity contribution in [1.82, 2.24) is 0 Å². The van der Waals surface area contributed by atoms with Crippen molar-refractivity contribution in [2.45, 2.75) is 19.8 Å². The number of benzene rings is 1. The van der Waals surface area contributed by atoms with Crippen LogP contribution >= 0.6 is 0 Å². The van der Waals surface area contributed by atoms with Gasteiger partial charge in [-0.25, -0.2) is 0 Å². The molecule has 1 aliphatic carbocycles. The van der Waals surface area contributed by atoms with Crippen LogP contribution in [0.3, 0.4) is 0 Å². The molecule has 0 saturated heterocycles. The van der Waals surface area contributed by atoms with Crippen LogP contribution in [0, 0.1) is 0 Å². The molecule has 1 aromatic rings. The Morgan fingerprint density at radius 2 is 2.29 bits per heavy atom. The SMILES string of the molecule is CCc1cccc2c1C/C(=N\O)C2=O. The number of carbonyl (C=O) groups is 1. The van der Waals surface area contributed by atoms with Crippen molar-refractivity contribution in [3.8, 4) is 0 Å². The molecule has 0 saturated carbocycles. The second-order valence-electron chi connectivity index (χ2n) is 3.35. The molecule has 0 fully saturated rings. The van der Waals surface area contributed by atoms with Gasteiger partial charge in [-0.2, -0.15) is 0 Å². The number of oxime groups is 1. The molecule has 0 spiro atoms. The predicted octanol–water partition coefficient (Wildman–Crippen LogP) is 1.82. The number of aryl methyl sites for hydroxylation is 1. The highest BCUT2D eigenvalue weighted by atomic mass is 16.4. The molecule has 2 rings (SSSR count). The van der Waals surface area contributed by atoms with Gasteiger partial charge < -0.3 is 5.21 Å². The van der Waals surface area contributed by atoms with E-state index in [1.165, 1.54) is 0 Å². The number of rotatable bonds is 1. The molecule has 0 aromatic heterocycles. The van der Waals surface area contributed by atoms with Crippen molar-refractivity contribution in [3.05, 3.63) is 34.9 Å². The summed E-state index contributed by atoms with van der Waals surface area (Å²) in [5, 5.41) is 11.7. The summed E-state index contributed by atoms with van der Waals surface area (Å²) in [6.45, 7) is 2.05. The van der Waals surface area contributed by atoms with E-state index >= 15 is 0 Å². The fraction of sp³-hybridized carbons (Fsp3) is 0.273. The Morgan fingerprint density at radius 3 is 2.93 bits per heavy atom. The number of hydrogen-bond acceptors (Lipinski definition) is 3. The first-order valence-electron chi connectivity index (χ1n) is 4.64. The fourth-order valence-electron chi connectivity index (χ4n) is 1.87. The number of fused-ring (bicyclic) bond motifs is 1. The van der Waals surface area contributed by atoms with Crippen LogP contribution in [0.2, 0.25) is 0 Å². The Morgan fingerprint density at radius 1 is 1.50 bits per heavy atom. The lowest BCUT2D eigenvalue weighted by Gasteiger charge is -2.02. The van der Waals surface area contributed by atoms with Crippen LogP contribution in [-0.2, 0) is 12.8 Å². The molecule has 0 atom stereocenters. The smallest absolute Gasteiger partial charge is 0.211 e. The van der Waals surface area contributed by atoms with Crippen LogP contribution in [-0.4, -0.2) is 16.7 Å². The Hall–Kier alpha value is -1.64. The van der Waals surface area contributed by atoms with Crippen LogP contribution in [0.15, 0.2) is 23.4 Å². The van der Waals surface area contributed by atoms with Crippen LogP contribution in [0.1, 0.15) is 28.4 Å². The van der Waals surface area contributed by atoms with Gasteiger partial charge in [-0.1, -0.05) is 30.3 Å². The molecule has 3 nitrogen and oxygen atoms in total. The Kier molecular flexibility index (Phi) is 2.08. The second-order valence-corrected chi connectivity index (χ2v) is 3.35. The standard InChI is InChI=1S/C11H11NO2/c1-2-7-4-3-5-8-9(7)6-10(12-14)11(8)13/h3-5,14H,2,6H2,1H3/b12-10+. The predicted molar refractivity (Wildman–Crippen MR) is 53.1 cm³/mol. The molecule has 3 heteroatoms. The Labute approximate surface area is 82.1 Å². The molecule has 14 heavy (non-hydrogen) atoms. The largest absolute Gasteiger partial charge is 0.411 e. The van der Waals surface area contributed by atoms with Gasteiger partial charge >= 0.3 is 0 Å². The molecule has 0 aliphatic heterocycles. The molecule has 0 heterocycles. The zero-order valence-electron chi connectivity index (χ0n) is 7.95. The first-order chi connectivity index (χ1) is 6.77. The van der Waals surface area contributed by atoms with Crippen LogP contribution in [0.25, 0.3) is 0 Å². The minimum Gasteiger partial charge on any atom is -0.411 e. The maximum Gasteiger partial charge on any atom is 0.211 e. The number of hydrogen-bond donors (Lipinski definition) is 1. The summed E-state index contributed by atoms with van der Waals surface area (Å²) in [7, 11) is 0. The summed E-state index contributed by atoms with van der Waals surface area (Å²) in [5.74, 6) is -0.141. The number of Topliss-reactive ketones (excluding diaryl/α,β-unsaturated/α-hetero) is 1. The van der Waals surface area contributed by atoms with Crippen LogP contribution in [0.5, 0.6) is 0 Å². The lowest BCUT2D eigenvalue weighted by Crippen LogP contribution is -2.06.